The smallest absolute Gasteiger partial charge is 0.228 e. The van der Waals surface area contributed by atoms with Crippen molar-refractivity contribution in [2.75, 3.05) is 12.4 Å². The first-order valence-electron chi connectivity index (χ1n) is 8.07. The molecule has 0 radical (unpaired) electrons. The Hall–Kier alpha value is -2.82. The third-order valence-corrected chi connectivity index (χ3v) is 4.51. The van der Waals surface area contributed by atoms with Gasteiger partial charge in [-0.05, 0) is 31.0 Å². The Morgan fingerprint density at radius 1 is 1.29 bits per heavy atom. The number of aryl methyl sites for hydroxylation is 1. The summed E-state index contributed by atoms with van der Waals surface area (Å²) in [6, 6.07) is 12.0. The van der Waals surface area contributed by atoms with E-state index in [0.717, 1.165) is 40.8 Å². The fraction of sp³-hybridized carbons (Fsp3) is 0.263. The average Bonchev–Trinajstić information content (AvgIpc) is 3.40. The van der Waals surface area contributed by atoms with Crippen molar-refractivity contribution in [1.82, 2.24) is 9.55 Å². The minimum Gasteiger partial charge on any atom is -0.496 e. The monoisotopic (exact) mass is 321 g/mol. The normalized spacial score (nSPS) is 13.9. The third kappa shape index (κ3) is 2.52. The second-order valence-electron chi connectivity index (χ2n) is 6.18. The summed E-state index contributed by atoms with van der Waals surface area (Å²) in [5, 5.41) is 3.94. The third-order valence-electron chi connectivity index (χ3n) is 4.51. The van der Waals surface area contributed by atoms with Gasteiger partial charge in [-0.15, -0.1) is 0 Å². The molecule has 5 heteroatoms. The van der Waals surface area contributed by atoms with Gasteiger partial charge < -0.3 is 14.6 Å². The number of carbonyl (C=O) groups is 1. The molecule has 3 aromatic rings. The number of para-hydroxylation sites is 1. The number of methoxy groups -OCH3 is 1. The second kappa shape index (κ2) is 5.67. The van der Waals surface area contributed by atoms with Crippen LogP contribution in [0, 0.1) is 5.92 Å². The van der Waals surface area contributed by atoms with E-state index in [1.54, 1.807) is 13.3 Å². The summed E-state index contributed by atoms with van der Waals surface area (Å²) in [6.45, 7) is 0. The van der Waals surface area contributed by atoms with Crippen LogP contribution in [0.2, 0.25) is 0 Å². The van der Waals surface area contributed by atoms with Crippen LogP contribution in [0.3, 0.4) is 0 Å². The number of amides is 1. The van der Waals surface area contributed by atoms with Gasteiger partial charge in [-0.25, -0.2) is 4.98 Å². The van der Waals surface area contributed by atoms with Crippen molar-refractivity contribution in [3.63, 3.8) is 0 Å². The molecule has 5 nitrogen and oxygen atoms in total. The van der Waals surface area contributed by atoms with Gasteiger partial charge in [0.15, 0.2) is 0 Å². The molecule has 1 N–H and O–H groups in total. The number of aromatic nitrogens is 2. The molecule has 1 fully saturated rings. The van der Waals surface area contributed by atoms with Crippen LogP contribution < -0.4 is 10.1 Å². The molecule has 2 heterocycles. The molecule has 1 saturated carbocycles. The van der Waals surface area contributed by atoms with Crippen LogP contribution in [0.4, 0.5) is 5.82 Å². The van der Waals surface area contributed by atoms with E-state index in [2.05, 4.69) is 20.9 Å². The van der Waals surface area contributed by atoms with Crippen LogP contribution in [-0.4, -0.2) is 22.6 Å². The Bertz CT molecular complexity index is 926. The molecule has 0 unspecified atom stereocenters. The Kier molecular flexibility index (Phi) is 3.49. The molecular formula is C19H19N3O2. The number of pyridine rings is 1. The highest BCUT2D eigenvalue weighted by Gasteiger charge is 2.29. The number of benzene rings is 1. The van der Waals surface area contributed by atoms with E-state index >= 15 is 0 Å². The van der Waals surface area contributed by atoms with Crippen LogP contribution in [-0.2, 0) is 11.8 Å². The summed E-state index contributed by atoms with van der Waals surface area (Å²) >= 11 is 0. The van der Waals surface area contributed by atoms with Gasteiger partial charge in [0.25, 0.3) is 0 Å². The maximum atomic E-state index is 11.9. The van der Waals surface area contributed by atoms with Crippen molar-refractivity contribution in [1.29, 1.82) is 0 Å². The first kappa shape index (κ1) is 14.8. The van der Waals surface area contributed by atoms with Crippen molar-refractivity contribution >= 4 is 22.6 Å². The van der Waals surface area contributed by atoms with Gasteiger partial charge in [0, 0.05) is 36.2 Å². The van der Waals surface area contributed by atoms with Crippen molar-refractivity contribution in [2.24, 2.45) is 13.0 Å². The first-order chi connectivity index (χ1) is 11.7. The van der Waals surface area contributed by atoms with E-state index in [1.807, 2.05) is 37.4 Å². The summed E-state index contributed by atoms with van der Waals surface area (Å²) in [5.41, 5.74) is 3.11. The van der Waals surface area contributed by atoms with E-state index in [-0.39, 0.29) is 11.8 Å². The predicted octanol–water partition coefficient (Wildman–Crippen LogP) is 3.60. The van der Waals surface area contributed by atoms with Crippen LogP contribution >= 0.6 is 0 Å². The SMILES string of the molecule is COc1ccccc1-c1cc2cnc(NC(=O)C3CC3)cc2n1C. The largest absolute Gasteiger partial charge is 0.496 e. The molecule has 1 amide bonds. The van der Waals surface area contributed by atoms with Crippen LogP contribution in [0.15, 0.2) is 42.6 Å². The van der Waals surface area contributed by atoms with Gasteiger partial charge in [-0.3, -0.25) is 4.79 Å². The van der Waals surface area contributed by atoms with Crippen molar-refractivity contribution < 1.29 is 9.53 Å². The summed E-state index contributed by atoms with van der Waals surface area (Å²) in [7, 11) is 3.69. The highest BCUT2D eigenvalue weighted by molar-refractivity contribution is 5.96. The molecule has 4 rings (SSSR count). The van der Waals surface area contributed by atoms with Crippen LogP contribution in [0.25, 0.3) is 22.2 Å². The van der Waals surface area contributed by atoms with Gasteiger partial charge in [0.2, 0.25) is 5.91 Å². The predicted molar refractivity (Wildman–Crippen MR) is 94.1 cm³/mol. The summed E-state index contributed by atoms with van der Waals surface area (Å²) in [6.07, 6.45) is 3.77. The molecule has 24 heavy (non-hydrogen) atoms. The fourth-order valence-electron chi connectivity index (χ4n) is 2.99. The van der Waals surface area contributed by atoms with Gasteiger partial charge in [-0.2, -0.15) is 0 Å². The zero-order chi connectivity index (χ0) is 16.7. The molecule has 0 saturated heterocycles. The molecule has 2 aromatic heterocycles. The van der Waals surface area contributed by atoms with Gasteiger partial charge >= 0.3 is 0 Å². The minimum absolute atomic E-state index is 0.0704. The topological polar surface area (TPSA) is 56.1 Å². The van der Waals surface area contributed by atoms with Crippen molar-refractivity contribution in [3.05, 3.63) is 42.6 Å². The summed E-state index contributed by atoms with van der Waals surface area (Å²) < 4.78 is 7.57. The number of fused-ring (bicyclic) bond motifs is 1. The van der Waals surface area contributed by atoms with Crippen LogP contribution in [0.1, 0.15) is 12.8 Å². The van der Waals surface area contributed by atoms with E-state index < -0.39 is 0 Å². The van der Waals surface area contributed by atoms with E-state index in [4.69, 9.17) is 4.74 Å². The number of carbonyl (C=O) groups excluding carboxylic acids is 1. The lowest BCUT2D eigenvalue weighted by Crippen LogP contribution is -2.14. The van der Waals surface area contributed by atoms with Crippen molar-refractivity contribution in [3.8, 4) is 17.0 Å². The Labute approximate surface area is 140 Å². The quantitative estimate of drug-likeness (QED) is 0.799. The number of nitrogens with one attached hydrogen (secondary N) is 1. The molecule has 122 valence electrons. The first-order valence-corrected chi connectivity index (χ1v) is 8.07. The lowest BCUT2D eigenvalue weighted by atomic mass is 10.1. The maximum absolute atomic E-state index is 11.9. The van der Waals surface area contributed by atoms with E-state index in [1.165, 1.54) is 0 Å². The molecular weight excluding hydrogens is 302 g/mol. The van der Waals surface area contributed by atoms with Gasteiger partial charge in [0.1, 0.15) is 11.6 Å². The molecule has 1 aliphatic rings. The average molecular weight is 321 g/mol. The number of rotatable bonds is 4. The van der Waals surface area contributed by atoms with E-state index in [9.17, 15) is 4.79 Å². The molecule has 0 spiro atoms. The van der Waals surface area contributed by atoms with Gasteiger partial charge in [-0.1, -0.05) is 12.1 Å². The minimum atomic E-state index is 0.0704. The number of hydrogen-bond donors (Lipinski definition) is 1. The highest BCUT2D eigenvalue weighted by Crippen LogP contribution is 2.34. The summed E-state index contributed by atoms with van der Waals surface area (Å²) in [5.74, 6) is 1.67. The van der Waals surface area contributed by atoms with E-state index in [0.29, 0.717) is 5.82 Å². The van der Waals surface area contributed by atoms with Gasteiger partial charge in [0.05, 0.1) is 18.3 Å². The second-order valence-corrected chi connectivity index (χ2v) is 6.18. The summed E-state index contributed by atoms with van der Waals surface area (Å²) in [4.78, 5) is 16.3. The van der Waals surface area contributed by atoms with Crippen molar-refractivity contribution in [2.45, 2.75) is 12.8 Å². The standard InChI is InChI=1S/C19H19N3O2/c1-22-15-10-18(21-19(23)12-7-8-12)20-11-13(15)9-16(22)14-5-3-4-6-17(14)24-2/h3-6,9-12H,7-8H2,1-2H3,(H,20,21,23). The highest BCUT2D eigenvalue weighted by atomic mass is 16.5. The lowest BCUT2D eigenvalue weighted by Gasteiger charge is -2.09. The van der Waals surface area contributed by atoms with Crippen LogP contribution in [0.5, 0.6) is 5.75 Å². The number of nitrogens with zero attached hydrogens (tertiary/aromatic N) is 2. The molecule has 0 aliphatic heterocycles. The number of anilines is 1. The Morgan fingerprint density at radius 2 is 2.08 bits per heavy atom. The Morgan fingerprint density at radius 3 is 2.83 bits per heavy atom. The number of ether oxygens (including phenoxy) is 1. The molecule has 1 aromatic carbocycles. The number of hydrogen-bond acceptors (Lipinski definition) is 3. The molecule has 0 atom stereocenters. The molecule has 1 aliphatic carbocycles. The Balaban J connectivity index is 1.75. The maximum Gasteiger partial charge on any atom is 0.228 e. The lowest BCUT2D eigenvalue weighted by molar-refractivity contribution is -0.117. The molecule has 0 bridgehead atoms. The zero-order valence-electron chi connectivity index (χ0n) is 13.7. The zero-order valence-corrected chi connectivity index (χ0v) is 13.7. The fourth-order valence-corrected chi connectivity index (χ4v) is 2.99.